The van der Waals surface area contributed by atoms with Gasteiger partial charge in [-0.05, 0) is 91.1 Å². The molecular weight excluding hydrogens is 753 g/mol. The molecule has 2 aromatic heterocycles. The van der Waals surface area contributed by atoms with Gasteiger partial charge in [0.15, 0.2) is 5.76 Å². The third-order valence-electron chi connectivity index (χ3n) is 10.6. The minimum atomic E-state index is -0.991. The van der Waals surface area contributed by atoms with E-state index in [9.17, 15) is 34.1 Å². The molecule has 0 spiro atoms. The first-order valence-electron chi connectivity index (χ1n) is 20.0. The maximum absolute atomic E-state index is 13.3. The standard InChI is InChI=1S/C45H44N6O8/c52-40-23-22-38(43(54)49-40)50-44(55)34-11-9-12-35(41(34)45(50)56)46-24-7-5-3-1-2-4-6-8-25-47-42(53)31-16-14-29(15-17-31)32-27-36(30-18-20-33(21-19-30)51(57)58)48-37(28-32)39-13-10-26-59-39/h9-21,26-28,38,46H,1-8,22-25H2,(H,47,53)(H,49,52,54). The summed E-state index contributed by atoms with van der Waals surface area (Å²) in [6, 6.07) is 25.1. The van der Waals surface area contributed by atoms with Gasteiger partial charge in [0, 0.05) is 48.5 Å². The third-order valence-corrected chi connectivity index (χ3v) is 10.6. The van der Waals surface area contributed by atoms with E-state index in [-0.39, 0.29) is 35.6 Å². The minimum absolute atomic E-state index is 0.000601. The van der Waals surface area contributed by atoms with Crippen LogP contribution in [0.2, 0.25) is 0 Å². The second kappa shape index (κ2) is 18.5. The molecule has 5 aromatic rings. The summed E-state index contributed by atoms with van der Waals surface area (Å²) in [7, 11) is 0. The number of carbonyl (C=O) groups excluding carboxylic acids is 5. The Hall–Kier alpha value is -6.96. The molecule has 14 nitrogen and oxygen atoms in total. The number of furan rings is 1. The smallest absolute Gasteiger partial charge is 0.269 e. The van der Waals surface area contributed by atoms with E-state index in [1.54, 1.807) is 54.8 Å². The summed E-state index contributed by atoms with van der Waals surface area (Å²) in [6.07, 6.45) is 9.93. The van der Waals surface area contributed by atoms with E-state index in [4.69, 9.17) is 9.40 Å². The molecule has 2 aliphatic heterocycles. The number of aromatic nitrogens is 1. The van der Waals surface area contributed by atoms with Crippen LogP contribution in [0.4, 0.5) is 11.4 Å². The number of piperidine rings is 1. The highest BCUT2D eigenvalue weighted by Crippen LogP contribution is 2.33. The Morgan fingerprint density at radius 3 is 2.14 bits per heavy atom. The van der Waals surface area contributed by atoms with Crippen LogP contribution in [0.3, 0.4) is 0 Å². The van der Waals surface area contributed by atoms with Gasteiger partial charge in [0.1, 0.15) is 11.7 Å². The number of nitrogens with zero attached hydrogens (tertiary/aromatic N) is 3. The van der Waals surface area contributed by atoms with E-state index in [2.05, 4.69) is 16.0 Å². The Kier molecular flexibility index (Phi) is 12.6. The highest BCUT2D eigenvalue weighted by Gasteiger charge is 2.45. The number of benzene rings is 3. The Balaban J connectivity index is 0.798. The van der Waals surface area contributed by atoms with Gasteiger partial charge in [-0.3, -0.25) is 44.3 Å². The molecule has 0 saturated carbocycles. The molecule has 1 atom stereocenters. The molecule has 4 heterocycles. The molecular formula is C45H44N6O8. The topological polar surface area (TPSA) is 194 Å². The van der Waals surface area contributed by atoms with E-state index in [0.717, 1.165) is 73.0 Å². The molecule has 59 heavy (non-hydrogen) atoms. The van der Waals surface area contributed by atoms with Crippen molar-refractivity contribution in [2.45, 2.75) is 70.3 Å². The van der Waals surface area contributed by atoms with Crippen molar-refractivity contribution in [3.63, 3.8) is 0 Å². The van der Waals surface area contributed by atoms with Crippen molar-refractivity contribution >= 4 is 40.9 Å². The number of rotatable bonds is 18. The molecule has 0 aliphatic carbocycles. The maximum atomic E-state index is 13.3. The number of pyridine rings is 1. The highest BCUT2D eigenvalue weighted by atomic mass is 16.6. The summed E-state index contributed by atoms with van der Waals surface area (Å²) < 4.78 is 5.61. The lowest BCUT2D eigenvalue weighted by molar-refractivity contribution is -0.384. The van der Waals surface area contributed by atoms with Crippen LogP contribution in [0.25, 0.3) is 33.8 Å². The van der Waals surface area contributed by atoms with E-state index in [1.165, 1.54) is 12.1 Å². The maximum Gasteiger partial charge on any atom is 0.269 e. The molecule has 1 saturated heterocycles. The molecule has 5 amide bonds. The summed E-state index contributed by atoms with van der Waals surface area (Å²) in [4.78, 5) is 79.6. The number of non-ortho nitro benzene ring substituents is 1. The van der Waals surface area contributed by atoms with E-state index in [0.29, 0.717) is 41.5 Å². The molecule has 3 aromatic carbocycles. The van der Waals surface area contributed by atoms with Gasteiger partial charge in [-0.1, -0.05) is 56.7 Å². The average Bonchev–Trinajstić information content (AvgIpc) is 3.88. The van der Waals surface area contributed by atoms with Gasteiger partial charge in [0.05, 0.1) is 28.0 Å². The molecule has 14 heteroatoms. The van der Waals surface area contributed by atoms with Crippen molar-refractivity contribution in [3.05, 3.63) is 124 Å². The highest BCUT2D eigenvalue weighted by molar-refractivity contribution is 6.25. The number of nitro benzene ring substituents is 1. The number of nitrogens with one attached hydrogen (secondary N) is 3. The van der Waals surface area contributed by atoms with Gasteiger partial charge in [-0.2, -0.15) is 0 Å². The number of unbranched alkanes of at least 4 members (excludes halogenated alkanes) is 7. The van der Waals surface area contributed by atoms with Crippen LogP contribution in [-0.4, -0.2) is 63.5 Å². The van der Waals surface area contributed by atoms with Crippen LogP contribution < -0.4 is 16.0 Å². The SMILES string of the molecule is O=C1CCC(N2C(=O)c3cccc(NCCCCCCCCCCNC(=O)c4ccc(-c5cc(-c6ccc([N+](=O)[O-])cc6)nc(-c6ccco6)c5)cc4)c3C2=O)C(=O)N1. The summed E-state index contributed by atoms with van der Waals surface area (Å²) in [6.45, 7) is 1.23. The molecule has 7 rings (SSSR count). The van der Waals surface area contributed by atoms with Gasteiger partial charge >= 0.3 is 0 Å². The third kappa shape index (κ3) is 9.44. The number of imide groups is 2. The van der Waals surface area contributed by atoms with Gasteiger partial charge in [-0.15, -0.1) is 0 Å². The van der Waals surface area contributed by atoms with E-state index in [1.807, 2.05) is 30.3 Å². The minimum Gasteiger partial charge on any atom is -0.463 e. The number of fused-ring (bicyclic) bond motifs is 1. The molecule has 302 valence electrons. The molecule has 2 aliphatic rings. The van der Waals surface area contributed by atoms with Gasteiger partial charge in [0.2, 0.25) is 11.8 Å². The zero-order valence-corrected chi connectivity index (χ0v) is 32.4. The van der Waals surface area contributed by atoms with E-state index < -0.39 is 34.6 Å². The molecule has 0 bridgehead atoms. The summed E-state index contributed by atoms with van der Waals surface area (Å²) in [5, 5.41) is 19.7. The Labute approximate surface area is 340 Å². The predicted molar refractivity (Wildman–Crippen MR) is 220 cm³/mol. The number of nitro groups is 1. The van der Waals surface area contributed by atoms with Crippen molar-refractivity contribution in [1.29, 1.82) is 0 Å². The Bertz CT molecular complexity index is 2360. The van der Waals surface area contributed by atoms with E-state index >= 15 is 0 Å². The summed E-state index contributed by atoms with van der Waals surface area (Å²) in [5.74, 6) is -1.60. The zero-order chi connectivity index (χ0) is 41.3. The fourth-order valence-corrected chi connectivity index (χ4v) is 7.46. The lowest BCUT2D eigenvalue weighted by Gasteiger charge is -2.27. The Morgan fingerprint density at radius 2 is 1.46 bits per heavy atom. The van der Waals surface area contributed by atoms with Gasteiger partial charge in [0.25, 0.3) is 23.4 Å². The van der Waals surface area contributed by atoms with Crippen LogP contribution in [0.5, 0.6) is 0 Å². The van der Waals surface area contributed by atoms with Crippen LogP contribution in [0.1, 0.15) is 95.3 Å². The summed E-state index contributed by atoms with van der Waals surface area (Å²) >= 11 is 0. The van der Waals surface area contributed by atoms with Crippen LogP contribution >= 0.6 is 0 Å². The number of carbonyl (C=O) groups is 5. The van der Waals surface area contributed by atoms with Crippen molar-refractivity contribution < 1.29 is 33.3 Å². The quantitative estimate of drug-likeness (QED) is 0.0339. The fourth-order valence-electron chi connectivity index (χ4n) is 7.46. The normalized spacial score (nSPS) is 14.9. The molecule has 1 fully saturated rings. The fraction of sp³-hybridized carbons (Fsp3) is 0.289. The molecule has 1 unspecified atom stereocenters. The average molecular weight is 797 g/mol. The van der Waals surface area contributed by atoms with Crippen LogP contribution in [-0.2, 0) is 9.59 Å². The Morgan fingerprint density at radius 1 is 0.780 bits per heavy atom. The number of hydrogen-bond donors (Lipinski definition) is 3. The number of amides is 5. The lowest BCUT2D eigenvalue weighted by atomic mass is 10.00. The lowest BCUT2D eigenvalue weighted by Crippen LogP contribution is -2.54. The first kappa shape index (κ1) is 40.2. The second-order valence-electron chi connectivity index (χ2n) is 14.7. The number of anilines is 1. The first-order valence-corrected chi connectivity index (χ1v) is 20.0. The first-order chi connectivity index (χ1) is 28.7. The monoisotopic (exact) mass is 796 g/mol. The largest absolute Gasteiger partial charge is 0.463 e. The van der Waals surface area contributed by atoms with Crippen LogP contribution in [0, 0.1) is 10.1 Å². The number of hydrogen-bond acceptors (Lipinski definition) is 10. The molecule has 0 radical (unpaired) electrons. The van der Waals surface area contributed by atoms with Gasteiger partial charge in [-0.25, -0.2) is 4.98 Å². The zero-order valence-electron chi connectivity index (χ0n) is 32.4. The van der Waals surface area contributed by atoms with Crippen LogP contribution in [0.15, 0.2) is 102 Å². The van der Waals surface area contributed by atoms with Gasteiger partial charge < -0.3 is 15.1 Å². The van der Waals surface area contributed by atoms with Crippen molar-refractivity contribution in [2.75, 3.05) is 18.4 Å². The molecule has 3 N–H and O–H groups in total. The second-order valence-corrected chi connectivity index (χ2v) is 14.7. The van der Waals surface area contributed by atoms with Crippen molar-refractivity contribution in [2.24, 2.45) is 0 Å². The summed E-state index contributed by atoms with van der Waals surface area (Å²) in [5.41, 5.74) is 5.38. The predicted octanol–water partition coefficient (Wildman–Crippen LogP) is 7.95. The van der Waals surface area contributed by atoms with Crippen molar-refractivity contribution in [3.8, 4) is 33.8 Å². The van der Waals surface area contributed by atoms with Crippen molar-refractivity contribution in [1.82, 2.24) is 20.5 Å².